The molecule has 1 unspecified atom stereocenters. The fourth-order valence-electron chi connectivity index (χ4n) is 2.05. The average Bonchev–Trinajstić information content (AvgIpc) is 2.80. The maximum atomic E-state index is 11.8. The minimum Gasteiger partial charge on any atom is -0.336 e. The Morgan fingerprint density at radius 3 is 2.68 bits per heavy atom. The van der Waals surface area contributed by atoms with Crippen molar-refractivity contribution in [3.05, 3.63) is 52.5 Å². The highest BCUT2D eigenvalue weighted by Gasteiger charge is 2.17. The smallest absolute Gasteiger partial charge is 0.250 e. The third kappa shape index (κ3) is 2.93. The molecule has 0 fully saturated rings. The minimum absolute atomic E-state index is 0.00462. The highest BCUT2D eigenvalue weighted by Crippen LogP contribution is 2.18. The van der Waals surface area contributed by atoms with Gasteiger partial charge in [0.1, 0.15) is 5.82 Å². The van der Waals surface area contributed by atoms with E-state index in [0.29, 0.717) is 0 Å². The molecule has 1 N–H and O–H groups in total. The number of imidazole rings is 1. The Kier molecular flexibility index (Phi) is 4.16. The molecule has 0 aliphatic rings. The van der Waals surface area contributed by atoms with Crippen LogP contribution in [0.4, 0.5) is 0 Å². The third-order valence-corrected chi connectivity index (χ3v) is 3.18. The molecule has 1 atom stereocenters. The lowest BCUT2D eigenvalue weighted by atomic mass is 10.1. The van der Waals surface area contributed by atoms with E-state index >= 15 is 0 Å². The van der Waals surface area contributed by atoms with E-state index in [1.165, 1.54) is 0 Å². The summed E-state index contributed by atoms with van der Waals surface area (Å²) in [4.78, 5) is 16.2. The van der Waals surface area contributed by atoms with Gasteiger partial charge >= 0.3 is 0 Å². The lowest BCUT2D eigenvalue weighted by Gasteiger charge is -2.18. The van der Waals surface area contributed by atoms with Gasteiger partial charge in [-0.3, -0.25) is 4.79 Å². The van der Waals surface area contributed by atoms with E-state index < -0.39 is 0 Å². The van der Waals surface area contributed by atoms with Gasteiger partial charge in [0.25, 0.3) is 5.56 Å². The molecule has 102 valence electrons. The standard InChI is InChI=1S/C14H20N4O/c1-4-6-15-13(14-16-7-9-18(14)3)11-5-8-17(2)12(19)10-11/h5,7-10,13,15H,4,6H2,1-3H3. The van der Waals surface area contributed by atoms with Crippen LogP contribution in [0, 0.1) is 0 Å². The predicted molar refractivity (Wildman–Crippen MR) is 75.0 cm³/mol. The Balaban J connectivity index is 2.39. The normalized spacial score (nSPS) is 12.6. The van der Waals surface area contributed by atoms with Gasteiger partial charge in [-0.1, -0.05) is 6.92 Å². The average molecular weight is 260 g/mol. The van der Waals surface area contributed by atoms with E-state index in [1.807, 2.05) is 23.9 Å². The molecule has 0 saturated carbocycles. The van der Waals surface area contributed by atoms with Gasteiger partial charge < -0.3 is 14.5 Å². The summed E-state index contributed by atoms with van der Waals surface area (Å²) < 4.78 is 3.55. The molecule has 0 saturated heterocycles. The summed E-state index contributed by atoms with van der Waals surface area (Å²) in [7, 11) is 3.71. The molecule has 0 radical (unpaired) electrons. The number of aryl methyl sites for hydroxylation is 2. The number of nitrogens with one attached hydrogen (secondary N) is 1. The van der Waals surface area contributed by atoms with Crippen molar-refractivity contribution in [2.75, 3.05) is 6.54 Å². The van der Waals surface area contributed by atoms with Crippen LogP contribution >= 0.6 is 0 Å². The molecule has 19 heavy (non-hydrogen) atoms. The highest BCUT2D eigenvalue weighted by molar-refractivity contribution is 5.23. The van der Waals surface area contributed by atoms with Crippen molar-refractivity contribution < 1.29 is 0 Å². The van der Waals surface area contributed by atoms with Gasteiger partial charge in [0, 0.05) is 38.8 Å². The van der Waals surface area contributed by atoms with Crippen LogP contribution in [-0.4, -0.2) is 20.7 Å². The summed E-state index contributed by atoms with van der Waals surface area (Å²) in [6.07, 6.45) is 6.51. The van der Waals surface area contributed by atoms with Crippen molar-refractivity contribution in [3.8, 4) is 0 Å². The summed E-state index contributed by atoms with van der Waals surface area (Å²) in [5.74, 6) is 0.918. The lowest BCUT2D eigenvalue weighted by molar-refractivity contribution is 0.553. The first-order valence-corrected chi connectivity index (χ1v) is 6.50. The van der Waals surface area contributed by atoms with Crippen molar-refractivity contribution in [1.29, 1.82) is 0 Å². The Morgan fingerprint density at radius 1 is 1.32 bits per heavy atom. The van der Waals surface area contributed by atoms with Crippen LogP contribution in [0.15, 0.2) is 35.5 Å². The number of hydrogen-bond donors (Lipinski definition) is 1. The molecule has 5 heteroatoms. The van der Waals surface area contributed by atoms with Gasteiger partial charge in [-0.2, -0.15) is 0 Å². The molecule has 0 spiro atoms. The monoisotopic (exact) mass is 260 g/mol. The van der Waals surface area contributed by atoms with E-state index in [1.54, 1.807) is 30.1 Å². The number of rotatable bonds is 5. The maximum Gasteiger partial charge on any atom is 0.250 e. The molecule has 0 amide bonds. The minimum atomic E-state index is -0.0474. The van der Waals surface area contributed by atoms with E-state index in [2.05, 4.69) is 17.2 Å². The molecule has 2 aromatic rings. The highest BCUT2D eigenvalue weighted by atomic mass is 16.1. The predicted octanol–water partition coefficient (Wildman–Crippen LogP) is 1.21. The van der Waals surface area contributed by atoms with Crippen molar-refractivity contribution in [3.63, 3.8) is 0 Å². The zero-order valence-corrected chi connectivity index (χ0v) is 11.6. The second kappa shape index (κ2) is 5.84. The molecule has 2 heterocycles. The molecule has 0 aromatic carbocycles. The summed E-state index contributed by atoms with van der Waals surface area (Å²) in [6.45, 7) is 3.00. The van der Waals surface area contributed by atoms with Crippen LogP contribution in [0.2, 0.25) is 0 Å². The van der Waals surface area contributed by atoms with Gasteiger partial charge in [0.15, 0.2) is 0 Å². The largest absolute Gasteiger partial charge is 0.336 e. The molecule has 0 aliphatic carbocycles. The number of aromatic nitrogens is 3. The van der Waals surface area contributed by atoms with E-state index in [9.17, 15) is 4.79 Å². The first-order valence-electron chi connectivity index (χ1n) is 6.50. The van der Waals surface area contributed by atoms with Crippen LogP contribution in [0.5, 0.6) is 0 Å². The van der Waals surface area contributed by atoms with Gasteiger partial charge in [-0.05, 0) is 24.6 Å². The second-order valence-corrected chi connectivity index (χ2v) is 4.69. The topological polar surface area (TPSA) is 51.9 Å². The first-order chi connectivity index (χ1) is 9.13. The summed E-state index contributed by atoms with van der Waals surface area (Å²) in [5, 5.41) is 3.44. The molecule has 2 rings (SSSR count). The molecule has 2 aromatic heterocycles. The Morgan fingerprint density at radius 2 is 2.11 bits per heavy atom. The first kappa shape index (κ1) is 13.5. The summed E-state index contributed by atoms with van der Waals surface area (Å²) in [6, 6.07) is 3.58. The SMILES string of the molecule is CCCNC(c1ccn(C)c(=O)c1)c1nccn1C. The van der Waals surface area contributed by atoms with Crippen LogP contribution in [0.3, 0.4) is 0 Å². The number of nitrogens with zero attached hydrogens (tertiary/aromatic N) is 3. The molecule has 0 aliphatic heterocycles. The fourth-order valence-corrected chi connectivity index (χ4v) is 2.05. The van der Waals surface area contributed by atoms with Crippen molar-refractivity contribution in [2.24, 2.45) is 14.1 Å². The maximum absolute atomic E-state index is 11.8. The summed E-state index contributed by atoms with van der Waals surface area (Å²) >= 11 is 0. The Labute approximate surface area is 112 Å². The molecule has 0 bridgehead atoms. The quantitative estimate of drug-likeness (QED) is 0.879. The molecular formula is C14H20N4O. The van der Waals surface area contributed by atoms with Crippen LogP contribution < -0.4 is 10.9 Å². The zero-order valence-electron chi connectivity index (χ0n) is 11.6. The molecular weight excluding hydrogens is 240 g/mol. The van der Waals surface area contributed by atoms with E-state index in [4.69, 9.17) is 0 Å². The van der Waals surface area contributed by atoms with Crippen LogP contribution in [0.1, 0.15) is 30.8 Å². The number of pyridine rings is 1. The van der Waals surface area contributed by atoms with E-state index in [0.717, 1.165) is 24.4 Å². The lowest BCUT2D eigenvalue weighted by Crippen LogP contribution is -2.27. The van der Waals surface area contributed by atoms with Crippen LogP contribution in [0.25, 0.3) is 0 Å². The van der Waals surface area contributed by atoms with Gasteiger partial charge in [-0.15, -0.1) is 0 Å². The van der Waals surface area contributed by atoms with Crippen molar-refractivity contribution >= 4 is 0 Å². The van der Waals surface area contributed by atoms with Gasteiger partial charge in [0.05, 0.1) is 6.04 Å². The van der Waals surface area contributed by atoms with Crippen LogP contribution in [-0.2, 0) is 14.1 Å². The second-order valence-electron chi connectivity index (χ2n) is 4.69. The van der Waals surface area contributed by atoms with E-state index in [-0.39, 0.29) is 11.6 Å². The summed E-state index contributed by atoms with van der Waals surface area (Å²) in [5.41, 5.74) is 0.945. The zero-order chi connectivity index (χ0) is 13.8. The fraction of sp³-hybridized carbons (Fsp3) is 0.429. The van der Waals surface area contributed by atoms with Gasteiger partial charge in [-0.25, -0.2) is 4.98 Å². The molecule has 5 nitrogen and oxygen atoms in total. The third-order valence-electron chi connectivity index (χ3n) is 3.18. The van der Waals surface area contributed by atoms with Crippen molar-refractivity contribution in [1.82, 2.24) is 19.4 Å². The van der Waals surface area contributed by atoms with Gasteiger partial charge in [0.2, 0.25) is 0 Å². The Bertz CT molecular complexity index is 599. The Hall–Kier alpha value is -1.88. The number of hydrogen-bond acceptors (Lipinski definition) is 3. The van der Waals surface area contributed by atoms with Crippen molar-refractivity contribution in [2.45, 2.75) is 19.4 Å².